The van der Waals surface area contributed by atoms with Gasteiger partial charge in [0.15, 0.2) is 11.3 Å². The van der Waals surface area contributed by atoms with Crippen LogP contribution in [0.15, 0.2) is 78.9 Å². The molecule has 0 bridgehead atoms. The highest BCUT2D eigenvalue weighted by Gasteiger charge is 2.38. The molecule has 0 fully saturated rings. The van der Waals surface area contributed by atoms with Crippen molar-refractivity contribution in [3.63, 3.8) is 0 Å². The molecule has 5 aromatic carbocycles. The molecule has 15 nitrogen and oxygen atoms in total. The number of hydrogen-bond acceptors (Lipinski definition) is 10. The monoisotopic (exact) mass is 1040 g/mol. The Morgan fingerprint density at radius 1 is 0.779 bits per heavy atom. The lowest BCUT2D eigenvalue weighted by Crippen LogP contribution is -2.52. The van der Waals surface area contributed by atoms with Crippen LogP contribution in [-0.2, 0) is 17.6 Å². The first kappa shape index (κ1) is 54.0. The van der Waals surface area contributed by atoms with E-state index in [1.54, 1.807) is 12.1 Å². The van der Waals surface area contributed by atoms with Gasteiger partial charge in [-0.2, -0.15) is 0 Å². The fourth-order valence-corrected chi connectivity index (χ4v) is 12.0. The summed E-state index contributed by atoms with van der Waals surface area (Å²) in [5, 5.41) is 51.1. The Morgan fingerprint density at radius 2 is 1.51 bits per heavy atom. The van der Waals surface area contributed by atoms with Gasteiger partial charge in [0.25, 0.3) is 5.69 Å². The minimum atomic E-state index is -1.20. The molecule has 0 spiro atoms. The summed E-state index contributed by atoms with van der Waals surface area (Å²) in [6.07, 6.45) is 9.28. The first-order chi connectivity index (χ1) is 36.4. The molecule has 0 aliphatic carbocycles. The molecule has 5 aromatic rings. The predicted octanol–water partition coefficient (Wildman–Crippen LogP) is 9.91. The third-order valence-electron chi connectivity index (χ3n) is 16.2. The van der Waals surface area contributed by atoms with Gasteiger partial charge in [-0.3, -0.25) is 20.2 Å². The molecule has 4 aliphatic heterocycles. The number of non-ortho nitro benzene ring substituents is 1. The second-order valence-corrected chi connectivity index (χ2v) is 22.5. The highest BCUT2D eigenvalue weighted by molar-refractivity contribution is 6.02. The lowest BCUT2D eigenvalue weighted by atomic mass is 9.83. The number of nitro groups is 1. The molecule has 9 rings (SSSR count). The Hall–Kier alpha value is -7.78. The van der Waals surface area contributed by atoms with Crippen LogP contribution in [0.3, 0.4) is 0 Å². The topological polar surface area (TPSA) is 204 Å². The molecular formula is C62H70N5O10+. The Bertz CT molecular complexity index is 3500. The van der Waals surface area contributed by atoms with Crippen LogP contribution in [-0.4, -0.2) is 81.1 Å². The zero-order valence-electron chi connectivity index (χ0n) is 45.8. The van der Waals surface area contributed by atoms with Gasteiger partial charge < -0.3 is 35.0 Å². The van der Waals surface area contributed by atoms with Crippen molar-refractivity contribution in [2.45, 2.75) is 131 Å². The number of hydrogen-bond donors (Lipinski definition) is 5. The van der Waals surface area contributed by atoms with Gasteiger partial charge in [0.2, 0.25) is 11.3 Å². The van der Waals surface area contributed by atoms with E-state index in [-0.39, 0.29) is 28.3 Å². The number of unbranched alkanes of at least 4 members (excludes halogenated alkanes) is 2. The summed E-state index contributed by atoms with van der Waals surface area (Å²) in [7, 11) is 0. The summed E-state index contributed by atoms with van der Waals surface area (Å²) in [6, 6.07) is 18.8. The molecule has 0 radical (unpaired) electrons. The van der Waals surface area contributed by atoms with E-state index < -0.39 is 33.7 Å². The Morgan fingerprint density at radius 3 is 2.21 bits per heavy atom. The number of phenolic OH excluding ortho intramolecular Hbond substituents is 1. The molecule has 5 N–H and O–H groups in total. The molecule has 4 heterocycles. The number of phenols is 1. The summed E-state index contributed by atoms with van der Waals surface area (Å²) in [4.78, 5) is 52.0. The number of nitrogens with zero attached hydrogens (tertiary/aromatic N) is 3. The van der Waals surface area contributed by atoms with Crippen LogP contribution in [0.25, 0.3) is 16.7 Å². The van der Waals surface area contributed by atoms with Gasteiger partial charge in [-0.05, 0) is 156 Å². The summed E-state index contributed by atoms with van der Waals surface area (Å²) in [5.74, 6) is -0.242. The van der Waals surface area contributed by atoms with Crippen molar-refractivity contribution in [1.29, 1.82) is 0 Å². The second kappa shape index (κ2) is 20.6. The first-order valence-electron chi connectivity index (χ1n) is 26.6. The number of amides is 1. The van der Waals surface area contributed by atoms with E-state index in [2.05, 4.69) is 66.9 Å². The van der Waals surface area contributed by atoms with Gasteiger partial charge >= 0.3 is 11.9 Å². The van der Waals surface area contributed by atoms with E-state index >= 15 is 0 Å². The average molecular weight is 1050 g/mol. The van der Waals surface area contributed by atoms with E-state index in [0.29, 0.717) is 79.0 Å². The Kier molecular flexibility index (Phi) is 14.5. The lowest BCUT2D eigenvalue weighted by Gasteiger charge is -2.44. The normalized spacial score (nSPS) is 17.6. The van der Waals surface area contributed by atoms with Crippen LogP contribution in [0, 0.1) is 30.9 Å². The maximum Gasteiger partial charge on any atom is 0.336 e. The number of carbonyl (C=O) groups is 3. The first-order valence-corrected chi connectivity index (χ1v) is 26.6. The third-order valence-corrected chi connectivity index (χ3v) is 16.2. The highest BCUT2D eigenvalue weighted by Crippen LogP contribution is 2.48. The number of carboxylic acid groups (broad SMARTS) is 2. The quantitative estimate of drug-likeness (QED) is 0.0251. The van der Waals surface area contributed by atoms with E-state index in [9.17, 15) is 39.8 Å². The van der Waals surface area contributed by atoms with Gasteiger partial charge in [0.1, 0.15) is 29.5 Å². The number of aromatic hydroxyl groups is 1. The van der Waals surface area contributed by atoms with Gasteiger partial charge in [-0.25, -0.2) is 14.2 Å². The fraction of sp³-hybridized carbons (Fsp3) is 0.387. The molecule has 0 aromatic heterocycles. The number of carboxylic acids is 2. The summed E-state index contributed by atoms with van der Waals surface area (Å²) >= 11 is 0. The number of allylic oxidation sites excluding steroid dienone is 2. The van der Waals surface area contributed by atoms with Crippen molar-refractivity contribution < 1.29 is 44.1 Å². The maximum atomic E-state index is 13.1. The SMILES string of the molecule is CC1=CC(C)(C)N(CCc2ccc([N+](=O)[O-])cc2)c2cc3c(cc21)C(c1cc(C(=O)O)ccc1C(=O)O)=c1cc2c(cc1O3)=[N+](CCCCCC(=O)NCCNC1(C)CCc3c(C)c(O)c(C)c(C)c3O1)C(C)(C)C=C2C. The number of anilines is 1. The van der Waals surface area contributed by atoms with Crippen LogP contribution >= 0.6 is 0 Å². The average Bonchev–Trinajstić information content (AvgIpc) is 3.40. The summed E-state index contributed by atoms with van der Waals surface area (Å²) in [6.45, 7) is 22.8. The van der Waals surface area contributed by atoms with Crippen LogP contribution in [0.1, 0.15) is 151 Å². The summed E-state index contributed by atoms with van der Waals surface area (Å²) < 4.78 is 15.9. The van der Waals surface area contributed by atoms with Crippen LogP contribution in [0.5, 0.6) is 23.0 Å². The van der Waals surface area contributed by atoms with Crippen molar-refractivity contribution >= 4 is 45.9 Å². The van der Waals surface area contributed by atoms with E-state index in [4.69, 9.17) is 9.47 Å². The van der Waals surface area contributed by atoms with Gasteiger partial charge in [-0.15, -0.1) is 0 Å². The number of nitro benzene ring substituents is 1. The molecule has 77 heavy (non-hydrogen) atoms. The minimum Gasteiger partial charge on any atom is -0.507 e. The van der Waals surface area contributed by atoms with Gasteiger partial charge in [-0.1, -0.05) is 18.2 Å². The molecule has 1 atom stereocenters. The Labute approximate surface area is 449 Å². The van der Waals surface area contributed by atoms with Crippen LogP contribution in [0.4, 0.5) is 11.4 Å². The minimum absolute atomic E-state index is 0.00804. The van der Waals surface area contributed by atoms with Gasteiger partial charge in [0, 0.05) is 110 Å². The molecule has 15 heteroatoms. The van der Waals surface area contributed by atoms with Crippen molar-refractivity contribution in [1.82, 2.24) is 15.2 Å². The fourth-order valence-electron chi connectivity index (χ4n) is 12.0. The molecule has 1 amide bonds. The largest absolute Gasteiger partial charge is 0.507 e. The van der Waals surface area contributed by atoms with E-state index in [1.165, 1.54) is 30.3 Å². The third kappa shape index (κ3) is 10.4. The zero-order valence-corrected chi connectivity index (χ0v) is 45.8. The standard InChI is InChI=1S/C62H69N5O10/c1-35-33-60(6,7)65(26-13-11-12-14-54(68)63-24-25-64-62(10)23-21-43-39(5)56(69)37(3)38(4)57(43)77-62)50-31-52-48(29-45(35)50)55(47-28-41(58(70)71)17-20-44(47)59(72)73)49-30-46-36(2)34-61(8,9)66(51(46)32-53(49)76-52)27-22-40-15-18-42(19-16-40)67(74)75/h15-20,28-34,64H,11-14,21-27H2,1-10H3,(H3-,63,68,69,70,71,72,73)/p+1. The van der Waals surface area contributed by atoms with E-state index in [1.807, 2.05) is 58.9 Å². The number of aromatic carboxylic acids is 2. The Balaban J connectivity index is 0.987. The smallest absolute Gasteiger partial charge is 0.336 e. The van der Waals surface area contributed by atoms with Crippen molar-refractivity contribution in [3.8, 4) is 23.0 Å². The number of benzene rings is 5. The van der Waals surface area contributed by atoms with Crippen molar-refractivity contribution in [2.75, 3.05) is 31.1 Å². The molecule has 4 aliphatic rings. The molecule has 402 valence electrons. The molecule has 0 saturated heterocycles. The van der Waals surface area contributed by atoms with Crippen LogP contribution in [0.2, 0.25) is 0 Å². The highest BCUT2D eigenvalue weighted by atomic mass is 16.6. The second-order valence-electron chi connectivity index (χ2n) is 22.5. The number of rotatable bonds is 17. The zero-order chi connectivity index (χ0) is 55.5. The van der Waals surface area contributed by atoms with Crippen molar-refractivity contribution in [3.05, 3.63) is 161 Å². The van der Waals surface area contributed by atoms with Crippen molar-refractivity contribution in [2.24, 2.45) is 0 Å². The molecular weight excluding hydrogens is 975 g/mol. The molecule has 1 unspecified atom stereocenters. The number of carbonyl (C=O) groups excluding carboxylic acids is 1. The summed E-state index contributed by atoms with van der Waals surface area (Å²) in [5.41, 5.74) is 9.33. The van der Waals surface area contributed by atoms with Crippen LogP contribution < -0.4 is 40.2 Å². The lowest BCUT2D eigenvalue weighted by molar-refractivity contribution is -0.384. The number of nitrogens with one attached hydrogen (secondary N) is 2. The van der Waals surface area contributed by atoms with Gasteiger partial charge in [0.05, 0.1) is 27.7 Å². The van der Waals surface area contributed by atoms with E-state index in [0.717, 1.165) is 92.6 Å². The number of ether oxygens (including phenoxy) is 2. The predicted molar refractivity (Wildman–Crippen MR) is 299 cm³/mol. The number of fused-ring (bicyclic) bond motifs is 5. The molecule has 0 saturated carbocycles. The maximum absolute atomic E-state index is 13.1.